The molecule has 2 saturated heterocycles. The first kappa shape index (κ1) is 10.9. The van der Waals surface area contributed by atoms with Crippen LogP contribution in [-0.2, 0) is 4.79 Å². The third-order valence-corrected chi connectivity index (χ3v) is 3.40. The molecule has 2 aliphatic rings. The van der Waals surface area contributed by atoms with Crippen LogP contribution in [0.4, 0.5) is 0 Å². The maximum Gasteiger partial charge on any atom is 0.237 e. The number of nitrogens with one attached hydrogen (secondary N) is 1. The quantitative estimate of drug-likeness (QED) is 0.693. The minimum absolute atomic E-state index is 0.290. The van der Waals surface area contributed by atoms with E-state index in [4.69, 9.17) is 0 Å². The SMILES string of the molecule is CN(C)CC(=O)N1CCCC2NCCC21. The summed E-state index contributed by atoms with van der Waals surface area (Å²) in [5.74, 6) is 0.290. The lowest BCUT2D eigenvalue weighted by Crippen LogP contribution is -2.52. The van der Waals surface area contributed by atoms with Gasteiger partial charge in [-0.25, -0.2) is 0 Å². The van der Waals surface area contributed by atoms with E-state index in [0.717, 1.165) is 25.9 Å². The van der Waals surface area contributed by atoms with Gasteiger partial charge in [0.05, 0.1) is 6.54 Å². The Labute approximate surface area is 91.6 Å². The lowest BCUT2D eigenvalue weighted by Gasteiger charge is -2.38. The lowest BCUT2D eigenvalue weighted by molar-refractivity contribution is -0.135. The van der Waals surface area contributed by atoms with Gasteiger partial charge in [-0.05, 0) is 39.9 Å². The molecular weight excluding hydrogens is 190 g/mol. The van der Waals surface area contributed by atoms with E-state index >= 15 is 0 Å². The van der Waals surface area contributed by atoms with Gasteiger partial charge in [-0.15, -0.1) is 0 Å². The third-order valence-electron chi connectivity index (χ3n) is 3.40. The molecule has 4 nitrogen and oxygen atoms in total. The number of fused-ring (bicyclic) bond motifs is 1. The Morgan fingerprint density at radius 3 is 3.00 bits per heavy atom. The van der Waals surface area contributed by atoms with Gasteiger partial charge >= 0.3 is 0 Å². The minimum Gasteiger partial charge on any atom is -0.337 e. The molecule has 0 aromatic carbocycles. The summed E-state index contributed by atoms with van der Waals surface area (Å²) in [6, 6.07) is 1.02. The molecule has 2 atom stereocenters. The summed E-state index contributed by atoms with van der Waals surface area (Å²) in [7, 11) is 3.90. The number of piperidine rings is 1. The highest BCUT2D eigenvalue weighted by molar-refractivity contribution is 5.78. The summed E-state index contributed by atoms with van der Waals surface area (Å²) in [4.78, 5) is 16.1. The van der Waals surface area contributed by atoms with Crippen molar-refractivity contribution in [3.05, 3.63) is 0 Å². The summed E-state index contributed by atoms with van der Waals surface area (Å²) in [6.45, 7) is 2.57. The van der Waals surface area contributed by atoms with Gasteiger partial charge in [0.25, 0.3) is 0 Å². The molecule has 1 amide bonds. The van der Waals surface area contributed by atoms with Gasteiger partial charge in [0.1, 0.15) is 0 Å². The van der Waals surface area contributed by atoms with Crippen molar-refractivity contribution >= 4 is 5.91 Å². The Bertz CT molecular complexity index is 242. The normalized spacial score (nSPS) is 30.7. The van der Waals surface area contributed by atoms with Gasteiger partial charge in [0.15, 0.2) is 0 Å². The van der Waals surface area contributed by atoms with Gasteiger partial charge in [-0.3, -0.25) is 4.79 Å². The number of likely N-dealkylation sites (N-methyl/N-ethyl adjacent to an activating group) is 1. The van der Waals surface area contributed by atoms with Crippen molar-refractivity contribution in [2.75, 3.05) is 33.7 Å². The zero-order valence-corrected chi connectivity index (χ0v) is 9.70. The summed E-state index contributed by atoms with van der Waals surface area (Å²) in [6.07, 6.45) is 3.51. The fraction of sp³-hybridized carbons (Fsp3) is 0.909. The van der Waals surface area contributed by atoms with Crippen molar-refractivity contribution < 1.29 is 4.79 Å². The first-order chi connectivity index (χ1) is 7.18. The molecule has 86 valence electrons. The zero-order valence-electron chi connectivity index (χ0n) is 9.70. The molecule has 0 spiro atoms. The fourth-order valence-corrected chi connectivity index (χ4v) is 2.74. The average Bonchev–Trinajstić information content (AvgIpc) is 2.63. The van der Waals surface area contributed by atoms with Gasteiger partial charge in [-0.1, -0.05) is 0 Å². The topological polar surface area (TPSA) is 35.6 Å². The van der Waals surface area contributed by atoms with E-state index in [-0.39, 0.29) is 0 Å². The smallest absolute Gasteiger partial charge is 0.237 e. The van der Waals surface area contributed by atoms with Crippen LogP contribution >= 0.6 is 0 Å². The molecule has 0 radical (unpaired) electrons. The summed E-state index contributed by atoms with van der Waals surface area (Å²) in [5, 5.41) is 3.49. The second-order valence-electron chi connectivity index (χ2n) is 4.88. The zero-order chi connectivity index (χ0) is 10.8. The first-order valence-corrected chi connectivity index (χ1v) is 5.86. The lowest BCUT2D eigenvalue weighted by atomic mass is 9.97. The van der Waals surface area contributed by atoms with Crippen LogP contribution in [0.2, 0.25) is 0 Å². The van der Waals surface area contributed by atoms with E-state index < -0.39 is 0 Å². The van der Waals surface area contributed by atoms with Crippen LogP contribution in [0, 0.1) is 0 Å². The number of carbonyl (C=O) groups excluding carboxylic acids is 1. The summed E-state index contributed by atoms with van der Waals surface area (Å²) < 4.78 is 0. The van der Waals surface area contributed by atoms with Gasteiger partial charge < -0.3 is 15.1 Å². The monoisotopic (exact) mass is 211 g/mol. The molecule has 2 rings (SSSR count). The van der Waals surface area contributed by atoms with Crippen LogP contribution in [0.15, 0.2) is 0 Å². The van der Waals surface area contributed by atoms with Crippen LogP contribution in [-0.4, -0.2) is 61.5 Å². The molecule has 1 N–H and O–H groups in total. The Morgan fingerprint density at radius 1 is 1.47 bits per heavy atom. The fourth-order valence-electron chi connectivity index (χ4n) is 2.74. The Balaban J connectivity index is 1.98. The molecule has 0 aromatic rings. The molecule has 0 saturated carbocycles. The van der Waals surface area contributed by atoms with Crippen molar-refractivity contribution in [1.82, 2.24) is 15.1 Å². The third kappa shape index (κ3) is 2.32. The van der Waals surface area contributed by atoms with Crippen LogP contribution in [0.25, 0.3) is 0 Å². The van der Waals surface area contributed by atoms with Crippen molar-refractivity contribution in [2.45, 2.75) is 31.3 Å². The molecule has 15 heavy (non-hydrogen) atoms. The predicted molar refractivity (Wildman–Crippen MR) is 59.7 cm³/mol. The number of rotatable bonds is 2. The molecule has 0 bridgehead atoms. The molecule has 4 heteroatoms. The van der Waals surface area contributed by atoms with E-state index in [0.29, 0.717) is 24.5 Å². The standard InChI is InChI=1S/C11H21N3O/c1-13(2)8-11(15)14-7-3-4-9-10(14)5-6-12-9/h9-10,12H,3-8H2,1-2H3. The Kier molecular flexibility index (Phi) is 3.26. The molecule has 2 aliphatic heterocycles. The van der Waals surface area contributed by atoms with E-state index in [1.165, 1.54) is 6.42 Å². The maximum absolute atomic E-state index is 12.0. The van der Waals surface area contributed by atoms with Crippen molar-refractivity contribution in [3.63, 3.8) is 0 Å². The highest BCUT2D eigenvalue weighted by Crippen LogP contribution is 2.24. The largest absolute Gasteiger partial charge is 0.337 e. The highest BCUT2D eigenvalue weighted by Gasteiger charge is 2.36. The number of nitrogens with zero attached hydrogens (tertiary/aromatic N) is 2. The average molecular weight is 211 g/mol. The van der Waals surface area contributed by atoms with Gasteiger partial charge in [0, 0.05) is 18.6 Å². The van der Waals surface area contributed by atoms with Crippen molar-refractivity contribution in [1.29, 1.82) is 0 Å². The number of hydrogen-bond acceptors (Lipinski definition) is 3. The second kappa shape index (κ2) is 4.49. The molecule has 2 unspecified atom stereocenters. The van der Waals surface area contributed by atoms with Gasteiger partial charge in [0.2, 0.25) is 5.91 Å². The van der Waals surface area contributed by atoms with Crippen LogP contribution in [0.5, 0.6) is 0 Å². The van der Waals surface area contributed by atoms with Crippen LogP contribution in [0.3, 0.4) is 0 Å². The van der Waals surface area contributed by atoms with E-state index in [1.54, 1.807) is 0 Å². The van der Waals surface area contributed by atoms with Crippen molar-refractivity contribution in [2.24, 2.45) is 0 Å². The second-order valence-corrected chi connectivity index (χ2v) is 4.88. The summed E-state index contributed by atoms with van der Waals surface area (Å²) >= 11 is 0. The molecule has 2 fully saturated rings. The Hall–Kier alpha value is -0.610. The number of amides is 1. The van der Waals surface area contributed by atoms with Crippen LogP contribution in [0.1, 0.15) is 19.3 Å². The number of likely N-dealkylation sites (tertiary alicyclic amines) is 1. The highest BCUT2D eigenvalue weighted by atomic mass is 16.2. The van der Waals surface area contributed by atoms with E-state index in [9.17, 15) is 4.79 Å². The molecule has 0 aromatic heterocycles. The van der Waals surface area contributed by atoms with Crippen molar-refractivity contribution in [3.8, 4) is 0 Å². The molecule has 2 heterocycles. The van der Waals surface area contributed by atoms with Gasteiger partial charge in [-0.2, -0.15) is 0 Å². The van der Waals surface area contributed by atoms with E-state index in [1.807, 2.05) is 19.0 Å². The maximum atomic E-state index is 12.0. The number of hydrogen-bond donors (Lipinski definition) is 1. The molecule has 0 aliphatic carbocycles. The predicted octanol–water partition coefficient (Wildman–Crippen LogP) is -0.0991. The number of carbonyl (C=O) groups is 1. The minimum atomic E-state index is 0.290. The summed E-state index contributed by atoms with van der Waals surface area (Å²) in [5.41, 5.74) is 0. The van der Waals surface area contributed by atoms with E-state index in [2.05, 4.69) is 10.2 Å². The molecular formula is C11H21N3O. The Morgan fingerprint density at radius 2 is 2.27 bits per heavy atom. The first-order valence-electron chi connectivity index (χ1n) is 5.86. The van der Waals surface area contributed by atoms with Crippen LogP contribution < -0.4 is 5.32 Å².